The van der Waals surface area contributed by atoms with Gasteiger partial charge in [0.15, 0.2) is 0 Å². The van der Waals surface area contributed by atoms with Gasteiger partial charge in [0, 0.05) is 19.2 Å². The fourth-order valence-electron chi connectivity index (χ4n) is 4.24. The van der Waals surface area contributed by atoms with E-state index in [0.717, 1.165) is 33.9 Å². The molecule has 1 spiro atoms. The molecule has 0 atom stereocenters. The minimum atomic E-state index is -0.445. The highest BCUT2D eigenvalue weighted by Crippen LogP contribution is 2.46. The van der Waals surface area contributed by atoms with Gasteiger partial charge in [-0.25, -0.2) is 0 Å². The summed E-state index contributed by atoms with van der Waals surface area (Å²) >= 11 is 0. The summed E-state index contributed by atoms with van der Waals surface area (Å²) in [4.78, 5) is 15.3. The van der Waals surface area contributed by atoms with Gasteiger partial charge in [-0.2, -0.15) is 0 Å². The highest BCUT2D eigenvalue weighted by atomic mass is 16.5. The van der Waals surface area contributed by atoms with Gasteiger partial charge >= 0.3 is 0 Å². The minimum absolute atomic E-state index is 0.160. The fraction of sp³-hybridized carbons (Fsp3) is 0.240. The first-order valence-corrected chi connectivity index (χ1v) is 10.2. The van der Waals surface area contributed by atoms with Gasteiger partial charge in [0.05, 0.1) is 19.3 Å². The number of nitrogens with one attached hydrogen (secondary N) is 1. The normalized spacial score (nSPS) is 16.3. The van der Waals surface area contributed by atoms with Gasteiger partial charge in [-0.3, -0.25) is 4.79 Å². The molecule has 5 rings (SSSR count). The van der Waals surface area contributed by atoms with Gasteiger partial charge < -0.3 is 19.7 Å². The van der Waals surface area contributed by atoms with Crippen molar-refractivity contribution >= 4 is 11.6 Å². The molecule has 1 amide bonds. The molecule has 1 saturated heterocycles. The lowest BCUT2D eigenvalue weighted by Gasteiger charge is -2.38. The van der Waals surface area contributed by atoms with E-state index < -0.39 is 5.41 Å². The van der Waals surface area contributed by atoms with E-state index in [1.165, 1.54) is 0 Å². The highest BCUT2D eigenvalue weighted by Gasteiger charge is 2.54. The van der Waals surface area contributed by atoms with Crippen LogP contribution in [0.1, 0.15) is 16.7 Å². The lowest BCUT2D eigenvalue weighted by atomic mass is 9.76. The van der Waals surface area contributed by atoms with Crippen molar-refractivity contribution in [2.75, 3.05) is 25.1 Å². The number of ether oxygens (including phenoxy) is 2. The van der Waals surface area contributed by atoms with Gasteiger partial charge in [-0.15, -0.1) is 0 Å². The Labute approximate surface area is 176 Å². The Morgan fingerprint density at radius 1 is 0.933 bits per heavy atom. The predicted octanol–water partition coefficient (Wildman–Crippen LogP) is 3.66. The van der Waals surface area contributed by atoms with Crippen LogP contribution >= 0.6 is 0 Å². The van der Waals surface area contributed by atoms with E-state index in [4.69, 9.17) is 9.47 Å². The third-order valence-electron chi connectivity index (χ3n) is 6.03. The number of fused-ring (bicyclic) bond motifs is 2. The molecule has 0 aromatic heterocycles. The number of rotatable bonds is 6. The van der Waals surface area contributed by atoms with Gasteiger partial charge in [0.2, 0.25) is 5.91 Å². The van der Waals surface area contributed by atoms with Crippen molar-refractivity contribution in [1.29, 1.82) is 0 Å². The predicted molar refractivity (Wildman–Crippen MR) is 116 cm³/mol. The number of nitrogens with zero attached hydrogens (tertiary/aromatic N) is 1. The SMILES string of the molecule is COc1ccc(CN2C(=O)C3(CNC3)c3ccc(OCc4ccccc4)cc32)cc1. The zero-order chi connectivity index (χ0) is 20.6. The number of hydrogen-bond acceptors (Lipinski definition) is 4. The summed E-state index contributed by atoms with van der Waals surface area (Å²) < 4.78 is 11.3. The van der Waals surface area contributed by atoms with Crippen LogP contribution < -0.4 is 19.7 Å². The number of carbonyl (C=O) groups is 1. The minimum Gasteiger partial charge on any atom is -0.497 e. The summed E-state index contributed by atoms with van der Waals surface area (Å²) in [5.41, 5.74) is 3.77. The van der Waals surface area contributed by atoms with Crippen molar-refractivity contribution in [2.45, 2.75) is 18.6 Å². The van der Waals surface area contributed by atoms with Crippen molar-refractivity contribution in [3.8, 4) is 11.5 Å². The summed E-state index contributed by atoms with van der Waals surface area (Å²) in [7, 11) is 1.65. The number of amides is 1. The lowest BCUT2D eigenvalue weighted by Crippen LogP contribution is -2.61. The molecule has 0 unspecified atom stereocenters. The first-order valence-electron chi connectivity index (χ1n) is 10.2. The van der Waals surface area contributed by atoms with Gasteiger partial charge in [-0.05, 0) is 34.9 Å². The van der Waals surface area contributed by atoms with Crippen LogP contribution in [-0.4, -0.2) is 26.1 Å². The second-order valence-electron chi connectivity index (χ2n) is 7.88. The van der Waals surface area contributed by atoms with Crippen molar-refractivity contribution in [2.24, 2.45) is 0 Å². The van der Waals surface area contributed by atoms with E-state index >= 15 is 0 Å². The Hall–Kier alpha value is -3.31. The van der Waals surface area contributed by atoms with E-state index in [9.17, 15) is 4.79 Å². The number of methoxy groups -OCH3 is 1. The molecule has 2 aliphatic heterocycles. The zero-order valence-corrected chi connectivity index (χ0v) is 16.9. The molecule has 3 aromatic carbocycles. The van der Waals surface area contributed by atoms with Gasteiger partial charge in [-0.1, -0.05) is 48.5 Å². The molecule has 2 heterocycles. The summed E-state index contributed by atoms with van der Waals surface area (Å²) in [6, 6.07) is 24.0. The molecule has 0 bridgehead atoms. The fourth-order valence-corrected chi connectivity index (χ4v) is 4.24. The largest absolute Gasteiger partial charge is 0.497 e. The summed E-state index contributed by atoms with van der Waals surface area (Å²) in [5, 5.41) is 3.28. The third-order valence-corrected chi connectivity index (χ3v) is 6.03. The van der Waals surface area contributed by atoms with Crippen molar-refractivity contribution in [1.82, 2.24) is 5.32 Å². The molecule has 30 heavy (non-hydrogen) atoms. The Kier molecular flexibility index (Phi) is 4.68. The van der Waals surface area contributed by atoms with Gasteiger partial charge in [0.1, 0.15) is 23.5 Å². The number of benzene rings is 3. The second-order valence-corrected chi connectivity index (χ2v) is 7.88. The monoisotopic (exact) mass is 400 g/mol. The number of carbonyl (C=O) groups excluding carboxylic acids is 1. The molecule has 5 heteroatoms. The molecule has 1 N–H and O–H groups in total. The Bertz CT molecular complexity index is 1060. The van der Waals surface area contributed by atoms with E-state index in [2.05, 4.69) is 11.4 Å². The Morgan fingerprint density at radius 3 is 2.33 bits per heavy atom. The maximum absolute atomic E-state index is 13.4. The Balaban J connectivity index is 1.43. The van der Waals surface area contributed by atoms with Crippen LogP contribution in [0.5, 0.6) is 11.5 Å². The summed E-state index contributed by atoms with van der Waals surface area (Å²) in [6.45, 7) is 2.39. The topological polar surface area (TPSA) is 50.8 Å². The van der Waals surface area contributed by atoms with E-state index in [1.807, 2.05) is 71.6 Å². The molecular formula is C25H24N2O3. The van der Waals surface area contributed by atoms with E-state index in [0.29, 0.717) is 26.2 Å². The van der Waals surface area contributed by atoms with Crippen LogP contribution in [0.2, 0.25) is 0 Å². The smallest absolute Gasteiger partial charge is 0.240 e. The summed E-state index contributed by atoms with van der Waals surface area (Å²) in [6.07, 6.45) is 0. The number of anilines is 1. The molecule has 3 aromatic rings. The molecule has 0 saturated carbocycles. The van der Waals surface area contributed by atoms with Crippen molar-refractivity contribution < 1.29 is 14.3 Å². The highest BCUT2D eigenvalue weighted by molar-refractivity contribution is 6.09. The molecule has 0 aliphatic carbocycles. The number of hydrogen-bond donors (Lipinski definition) is 1. The molecule has 5 nitrogen and oxygen atoms in total. The van der Waals surface area contributed by atoms with Crippen LogP contribution in [-0.2, 0) is 23.4 Å². The van der Waals surface area contributed by atoms with Crippen LogP contribution in [0.25, 0.3) is 0 Å². The zero-order valence-electron chi connectivity index (χ0n) is 16.9. The summed E-state index contributed by atoms with van der Waals surface area (Å²) in [5.74, 6) is 1.74. The van der Waals surface area contributed by atoms with Crippen LogP contribution in [0.4, 0.5) is 5.69 Å². The van der Waals surface area contributed by atoms with Crippen molar-refractivity contribution in [3.05, 3.63) is 89.5 Å². The molecule has 0 radical (unpaired) electrons. The maximum Gasteiger partial charge on any atom is 0.240 e. The Morgan fingerprint density at radius 2 is 1.67 bits per heavy atom. The second kappa shape index (κ2) is 7.50. The average molecular weight is 400 g/mol. The quantitative estimate of drug-likeness (QED) is 0.686. The van der Waals surface area contributed by atoms with E-state index in [1.54, 1.807) is 7.11 Å². The standard InChI is InChI=1S/C25H24N2O3/c1-29-20-9-7-18(8-10-20)14-27-23-13-21(30-15-19-5-3-2-4-6-19)11-12-22(23)25(24(27)28)16-26-17-25/h2-13,26H,14-17H2,1H3. The average Bonchev–Trinajstić information content (AvgIpc) is 3.01. The maximum atomic E-state index is 13.4. The first kappa shape index (κ1) is 18.7. The van der Waals surface area contributed by atoms with Crippen molar-refractivity contribution in [3.63, 3.8) is 0 Å². The molecule has 152 valence electrons. The van der Waals surface area contributed by atoms with Gasteiger partial charge in [0.25, 0.3) is 0 Å². The molecule has 1 fully saturated rings. The van der Waals surface area contributed by atoms with Crippen LogP contribution in [0.15, 0.2) is 72.8 Å². The first-order chi connectivity index (χ1) is 14.7. The van der Waals surface area contributed by atoms with E-state index in [-0.39, 0.29) is 5.91 Å². The molecule has 2 aliphatic rings. The lowest BCUT2D eigenvalue weighted by molar-refractivity contribution is -0.125. The third kappa shape index (κ3) is 3.12. The van der Waals surface area contributed by atoms with Crippen LogP contribution in [0.3, 0.4) is 0 Å². The van der Waals surface area contributed by atoms with Crippen LogP contribution in [0, 0.1) is 0 Å². The molecular weight excluding hydrogens is 376 g/mol.